The number of anilines is 2. The maximum atomic E-state index is 11.1. The van der Waals surface area contributed by atoms with Gasteiger partial charge < -0.3 is 15.5 Å². The summed E-state index contributed by atoms with van der Waals surface area (Å²) < 4.78 is 0. The quantitative estimate of drug-likeness (QED) is 0.523. The van der Waals surface area contributed by atoms with Crippen LogP contribution in [0.3, 0.4) is 0 Å². The lowest BCUT2D eigenvalue weighted by molar-refractivity contribution is -0.141. The largest absolute Gasteiger partial charge is 0.481 e. The Labute approximate surface area is 180 Å². The second kappa shape index (κ2) is 8.91. The summed E-state index contributed by atoms with van der Waals surface area (Å²) in [5.41, 5.74) is 2.16. The second-order valence-corrected chi connectivity index (χ2v) is 9.51. The Morgan fingerprint density at radius 2 is 2.07 bits per heavy atom. The number of aromatic nitrogens is 2. The van der Waals surface area contributed by atoms with Gasteiger partial charge in [-0.2, -0.15) is 0 Å². The number of nitrogens with one attached hydrogen (secondary N) is 1. The van der Waals surface area contributed by atoms with Gasteiger partial charge in [-0.05, 0) is 61.9 Å². The molecule has 2 aliphatic heterocycles. The lowest BCUT2D eigenvalue weighted by Crippen LogP contribution is -2.42. The van der Waals surface area contributed by atoms with E-state index in [0.29, 0.717) is 6.42 Å². The molecule has 8 heteroatoms. The van der Waals surface area contributed by atoms with Crippen molar-refractivity contribution in [2.45, 2.75) is 49.1 Å². The third-order valence-corrected chi connectivity index (χ3v) is 7.42. The number of hydrogen-bond donors (Lipinski definition) is 3. The molecule has 1 saturated heterocycles. The van der Waals surface area contributed by atoms with Gasteiger partial charge >= 0.3 is 5.97 Å². The van der Waals surface area contributed by atoms with Crippen molar-refractivity contribution in [2.24, 2.45) is 11.3 Å². The lowest BCUT2D eigenvalue weighted by Gasteiger charge is -2.41. The summed E-state index contributed by atoms with van der Waals surface area (Å²) in [5, 5.41) is 23.4. The number of fused-ring (bicyclic) bond motifs is 2. The van der Waals surface area contributed by atoms with Crippen molar-refractivity contribution in [3.05, 3.63) is 36.2 Å². The number of aliphatic hydroxyl groups excluding tert-OH is 1. The fraction of sp³-hybridized carbons (Fsp3) is 0.500. The van der Waals surface area contributed by atoms with E-state index in [-0.39, 0.29) is 17.9 Å². The number of benzene rings is 1. The van der Waals surface area contributed by atoms with Gasteiger partial charge in [0.05, 0.1) is 11.6 Å². The highest BCUT2D eigenvalue weighted by Crippen LogP contribution is 2.42. The van der Waals surface area contributed by atoms with Crippen LogP contribution in [0.2, 0.25) is 0 Å². The van der Waals surface area contributed by atoms with Gasteiger partial charge in [0.2, 0.25) is 0 Å². The minimum atomic E-state index is -0.756. The maximum absolute atomic E-state index is 11.1. The molecule has 30 heavy (non-hydrogen) atoms. The van der Waals surface area contributed by atoms with Gasteiger partial charge in [-0.1, -0.05) is 24.8 Å². The van der Waals surface area contributed by atoms with Crippen LogP contribution >= 0.6 is 11.8 Å². The molecule has 0 spiro atoms. The van der Waals surface area contributed by atoms with Crippen molar-refractivity contribution in [3.8, 4) is 0 Å². The van der Waals surface area contributed by atoms with E-state index in [1.165, 1.54) is 5.56 Å². The summed E-state index contributed by atoms with van der Waals surface area (Å²) in [6.07, 6.45) is 6.59. The van der Waals surface area contributed by atoms with Crippen molar-refractivity contribution < 1.29 is 15.0 Å². The summed E-state index contributed by atoms with van der Waals surface area (Å²) in [5.74, 6) is -0.316. The molecule has 0 radical (unpaired) electrons. The Morgan fingerprint density at radius 3 is 2.80 bits per heavy atom. The van der Waals surface area contributed by atoms with Gasteiger partial charge in [-0.15, -0.1) is 0 Å². The number of aliphatic carboxylic acids is 1. The first kappa shape index (κ1) is 21.1. The molecular weight excluding hydrogens is 400 g/mol. The molecule has 0 aliphatic carbocycles. The molecule has 1 unspecified atom stereocenters. The topological polar surface area (TPSA) is 98.6 Å². The Balaban J connectivity index is 1.35. The van der Waals surface area contributed by atoms with Crippen molar-refractivity contribution in [3.63, 3.8) is 0 Å². The lowest BCUT2D eigenvalue weighted by atomic mass is 9.74. The molecule has 1 atom stereocenters. The van der Waals surface area contributed by atoms with Crippen molar-refractivity contribution >= 4 is 29.2 Å². The van der Waals surface area contributed by atoms with Crippen LogP contribution in [0.15, 0.2) is 40.5 Å². The molecule has 4 rings (SSSR count). The molecule has 3 heterocycles. The highest BCUT2D eigenvalue weighted by molar-refractivity contribution is 7.99. The average Bonchev–Trinajstić information content (AvgIpc) is 2.77. The summed E-state index contributed by atoms with van der Waals surface area (Å²) in [6.45, 7) is 4.56. The Morgan fingerprint density at radius 1 is 1.30 bits per heavy atom. The number of carboxylic acid groups (broad SMARTS) is 1. The number of piperidine rings is 1. The van der Waals surface area contributed by atoms with Crippen LogP contribution in [0, 0.1) is 11.3 Å². The van der Waals surface area contributed by atoms with Crippen molar-refractivity contribution in [2.75, 3.05) is 25.0 Å². The zero-order valence-electron chi connectivity index (χ0n) is 17.2. The minimum absolute atomic E-state index is 0.133. The standard InChI is InChI=1S/C22H28N4O3S/c1-15(21(28)29)4-5-22(14-27)6-10-26(11-7-22)13-16-2-3-18-17(12-16)25-19-20(30-18)24-9-8-23-19/h2-3,8-9,12,15,27H,4-7,10-11,13-14H2,1H3,(H,23,25)(H,28,29). The van der Waals surface area contributed by atoms with Crippen LogP contribution in [-0.4, -0.2) is 50.7 Å². The molecule has 160 valence electrons. The number of likely N-dealkylation sites (tertiary alicyclic amines) is 1. The minimum Gasteiger partial charge on any atom is -0.481 e. The molecule has 7 nitrogen and oxygen atoms in total. The third-order valence-electron chi connectivity index (χ3n) is 6.36. The van der Waals surface area contributed by atoms with Gasteiger partial charge in [-0.25, -0.2) is 9.97 Å². The van der Waals surface area contributed by atoms with E-state index in [1.54, 1.807) is 31.1 Å². The normalized spacial score (nSPS) is 18.7. The molecule has 1 aromatic carbocycles. The van der Waals surface area contributed by atoms with E-state index in [2.05, 4.69) is 38.4 Å². The molecule has 0 amide bonds. The Bertz CT molecular complexity index is 915. The number of aliphatic hydroxyl groups is 1. The van der Waals surface area contributed by atoms with Gasteiger partial charge in [-0.3, -0.25) is 9.69 Å². The van der Waals surface area contributed by atoms with E-state index in [0.717, 1.165) is 60.3 Å². The molecule has 3 N–H and O–H groups in total. The first-order chi connectivity index (χ1) is 14.5. The molecular formula is C22H28N4O3S. The van der Waals surface area contributed by atoms with Gasteiger partial charge in [0, 0.05) is 30.4 Å². The number of hydrogen-bond acceptors (Lipinski definition) is 7. The zero-order chi connectivity index (χ0) is 21.1. The molecule has 0 saturated carbocycles. The highest BCUT2D eigenvalue weighted by atomic mass is 32.2. The summed E-state index contributed by atoms with van der Waals surface area (Å²) in [4.78, 5) is 23.4. The third kappa shape index (κ3) is 4.61. The van der Waals surface area contributed by atoms with Crippen LogP contribution < -0.4 is 5.32 Å². The second-order valence-electron chi connectivity index (χ2n) is 8.48. The van der Waals surface area contributed by atoms with E-state index in [9.17, 15) is 9.90 Å². The van der Waals surface area contributed by atoms with Gasteiger partial charge in [0.15, 0.2) is 5.82 Å². The summed E-state index contributed by atoms with van der Waals surface area (Å²) in [7, 11) is 0. The van der Waals surface area contributed by atoms with Gasteiger partial charge in [0.25, 0.3) is 0 Å². The molecule has 2 aliphatic rings. The Kier molecular flexibility index (Phi) is 6.26. The molecule has 2 aromatic rings. The number of carbonyl (C=O) groups is 1. The summed E-state index contributed by atoms with van der Waals surface area (Å²) in [6, 6.07) is 6.48. The average molecular weight is 429 g/mol. The Hall–Kier alpha value is -2.16. The predicted molar refractivity (Wildman–Crippen MR) is 116 cm³/mol. The molecule has 1 aromatic heterocycles. The van der Waals surface area contributed by atoms with E-state index < -0.39 is 5.97 Å². The van der Waals surface area contributed by atoms with E-state index in [4.69, 9.17) is 5.11 Å². The molecule has 1 fully saturated rings. The zero-order valence-corrected chi connectivity index (χ0v) is 18.0. The number of rotatable bonds is 7. The monoisotopic (exact) mass is 428 g/mol. The smallest absolute Gasteiger partial charge is 0.306 e. The SMILES string of the molecule is CC(CCC1(CO)CCN(Cc2ccc3c(c2)Nc2nccnc2S3)CC1)C(=O)O. The maximum Gasteiger partial charge on any atom is 0.306 e. The number of nitrogens with zero attached hydrogens (tertiary/aromatic N) is 3. The van der Waals surface area contributed by atoms with E-state index >= 15 is 0 Å². The van der Waals surface area contributed by atoms with Crippen LogP contribution in [0.25, 0.3) is 0 Å². The fourth-order valence-electron chi connectivity index (χ4n) is 4.16. The van der Waals surface area contributed by atoms with Crippen LogP contribution in [0.4, 0.5) is 11.5 Å². The predicted octanol–water partition coefficient (Wildman–Crippen LogP) is 3.76. The van der Waals surface area contributed by atoms with Crippen LogP contribution in [0.5, 0.6) is 0 Å². The number of carboxylic acids is 1. The first-order valence-corrected chi connectivity index (χ1v) is 11.2. The molecule has 0 bridgehead atoms. The van der Waals surface area contributed by atoms with Crippen molar-refractivity contribution in [1.29, 1.82) is 0 Å². The van der Waals surface area contributed by atoms with Gasteiger partial charge in [0.1, 0.15) is 5.03 Å². The van der Waals surface area contributed by atoms with E-state index in [1.807, 2.05) is 0 Å². The highest BCUT2D eigenvalue weighted by Gasteiger charge is 2.34. The van der Waals surface area contributed by atoms with Crippen LogP contribution in [-0.2, 0) is 11.3 Å². The summed E-state index contributed by atoms with van der Waals surface area (Å²) >= 11 is 1.63. The fourth-order valence-corrected chi connectivity index (χ4v) is 5.03. The first-order valence-electron chi connectivity index (χ1n) is 10.4. The van der Waals surface area contributed by atoms with Crippen LogP contribution in [0.1, 0.15) is 38.2 Å². The van der Waals surface area contributed by atoms with Crippen molar-refractivity contribution in [1.82, 2.24) is 14.9 Å².